The average molecular weight is 1500 g/mol. The Hall–Kier alpha value is 0.989. The summed E-state index contributed by atoms with van der Waals surface area (Å²) < 4.78 is 52.3. The largest absolute Gasteiger partial charge is 0.388 e. The first-order valence-electron chi connectivity index (χ1n) is 36.0. The highest BCUT2D eigenvalue weighted by atomic mass is 28.3. The summed E-state index contributed by atoms with van der Waals surface area (Å²) in [5, 5.41) is 1.93. The Bertz CT molecular complexity index is 1740. The van der Waals surface area contributed by atoms with Gasteiger partial charge in [-0.3, -0.25) is 0 Å². The number of hydrogen-bond donors (Lipinski definition) is 0. The first-order chi connectivity index (χ1) is 41.9. The molecule has 4 atom stereocenters. The molecule has 1 saturated carbocycles. The maximum Gasteiger partial charge on any atom is 0.109 e. The fourth-order valence-corrected chi connectivity index (χ4v) is 26.1. The van der Waals surface area contributed by atoms with Crippen molar-refractivity contribution < 1.29 is 47.4 Å². The quantitative estimate of drug-likeness (QED) is 0.0722. The van der Waals surface area contributed by atoms with Crippen molar-refractivity contribution in [1.29, 1.82) is 0 Å². The van der Waals surface area contributed by atoms with Gasteiger partial charge in [0.2, 0.25) is 0 Å². The maximum atomic E-state index is 5.50. The minimum atomic E-state index is -1.30. The molecule has 4 unspecified atom stereocenters. The van der Waals surface area contributed by atoms with E-state index in [-0.39, 0.29) is 0 Å². The Morgan fingerprint density at radius 1 is 0.419 bits per heavy atom. The van der Waals surface area contributed by atoms with E-state index in [2.05, 4.69) is 271 Å². The molecule has 0 bridgehead atoms. The Kier molecular flexibility index (Phi) is 65.7. The molecule has 0 saturated heterocycles. The molecule has 1 aliphatic carbocycles. The van der Waals surface area contributed by atoms with Gasteiger partial charge in [-0.15, -0.1) is 0 Å². The van der Waals surface area contributed by atoms with Gasteiger partial charge in [-0.2, -0.15) is 0 Å². The molecule has 0 aliphatic heterocycles. The topological polar surface area (TPSA) is 92.3 Å². The third kappa shape index (κ3) is 62.5. The van der Waals surface area contributed by atoms with Gasteiger partial charge in [0, 0.05) is 126 Å². The smallest absolute Gasteiger partial charge is 0.109 e. The van der Waals surface area contributed by atoms with E-state index in [4.69, 9.17) is 47.4 Å². The van der Waals surface area contributed by atoms with Crippen molar-refractivity contribution in [3.63, 3.8) is 0 Å². The van der Waals surface area contributed by atoms with Crippen LogP contribution in [0.1, 0.15) is 109 Å². The third-order valence-corrected chi connectivity index (χ3v) is 50.5. The molecule has 0 N–H and O–H groups in total. The zero-order valence-electron chi connectivity index (χ0n) is 72.2. The molecule has 568 valence electrons. The van der Waals surface area contributed by atoms with Gasteiger partial charge < -0.3 is 47.4 Å². The fourth-order valence-electron chi connectivity index (χ4n) is 9.50. The SMILES string of the molecule is CCC(OC)[Si](C)(C)C.CC[Si](C)(C)COC.CC[Si](CC)(CC)COC.COC(C(C)C)[Si](C)(C)C.COC(C)[Si](C)(C)C.COC(C1CC1)[Si](C)(C)C.COC[Si](C)(C)C.COC[Si](C)(C)C(C)(C)C.COC[Si](C)(C)C(C)C.COC[Si](C)(C)c1ccccc1. The highest BCUT2D eigenvalue weighted by molar-refractivity contribution is 6.89. The lowest BCUT2D eigenvalue weighted by molar-refractivity contribution is 0.121. The lowest BCUT2D eigenvalue weighted by Crippen LogP contribution is -2.45. The fraction of sp³-hybridized carbons (Fsp3) is 0.918. The number of rotatable bonds is 29. The van der Waals surface area contributed by atoms with Crippen molar-refractivity contribution in [1.82, 2.24) is 0 Å². The van der Waals surface area contributed by atoms with Crippen molar-refractivity contribution in [3.05, 3.63) is 30.3 Å². The average Bonchev–Trinajstić information content (AvgIpc) is 1.85. The molecule has 20 heteroatoms. The first-order valence-corrected chi connectivity index (χ1v) is 69.9. The van der Waals surface area contributed by atoms with Crippen molar-refractivity contribution in [3.8, 4) is 0 Å². The van der Waals surface area contributed by atoms with Crippen molar-refractivity contribution >= 4 is 85.9 Å². The second-order valence-electron chi connectivity index (χ2n) is 36.1. The molecule has 0 radical (unpaired) electrons. The lowest BCUT2D eigenvalue weighted by Gasteiger charge is -2.35. The van der Waals surface area contributed by atoms with Crippen LogP contribution in [0.15, 0.2) is 30.3 Å². The minimum Gasteiger partial charge on any atom is -0.388 e. The molecule has 10 nitrogen and oxygen atoms in total. The van der Waals surface area contributed by atoms with Crippen molar-refractivity contribution in [2.45, 2.75) is 318 Å². The molecule has 1 aliphatic rings. The summed E-state index contributed by atoms with van der Waals surface area (Å²) in [6.45, 7) is 83.2. The van der Waals surface area contributed by atoms with Crippen LogP contribution in [0.3, 0.4) is 0 Å². The first kappa shape index (κ1) is 110. The number of ether oxygens (including phenoxy) is 10. The predicted octanol–water partition coefficient (Wildman–Crippen LogP) is 21.9. The minimum absolute atomic E-state index is 0.461. The van der Waals surface area contributed by atoms with E-state index in [1.165, 1.54) is 42.2 Å². The Morgan fingerprint density at radius 2 is 0.817 bits per heavy atom. The molecule has 1 fully saturated rings. The van der Waals surface area contributed by atoms with Crippen LogP contribution in [0.5, 0.6) is 0 Å². The van der Waals surface area contributed by atoms with Crippen LogP contribution in [0.2, 0.25) is 185 Å². The normalized spacial score (nSPS) is 14.5. The predicted molar refractivity (Wildman–Crippen MR) is 453 cm³/mol. The molecule has 0 spiro atoms. The highest BCUT2D eigenvalue weighted by Gasteiger charge is 2.40. The molecular weight excluding hydrogens is 1320 g/mol. The standard InChI is InChI=1S/C10H16OSi.C8H18OSi.3C8H20OSi.2C7H18OSi.2C6H16OSi.C5H14OSi/c1-11-9-12(2,3)10-7-5-4-6-8-10;1-9-8(7-5-6-7)10(2,3)4;1-8(2,3)10(5,6)7-9-4;1-7(2)8(9-3)10(4,5)6;1-5-10(6-2,7-3)8-9-4;1-7(2)9(4,5)6-8-3;1-6-7(8-2)9(3,4)5;1-6(7-2)8(3,4)5;1-5-8(3,4)6-7-2;1-6-5-7(2,3)4/h4-8H,9H2,1-3H3;7-8H,5-6H2,1-4H3;7H2,1-6H3;7-8H,1-6H3;5-8H2,1-4H3;2*7H,6H2,1-5H3;6H,1-5H3;5-6H2,1-4H3;5H2,1-4H3. The summed E-state index contributed by atoms with van der Waals surface area (Å²) >= 11 is 0. The van der Waals surface area contributed by atoms with Gasteiger partial charge >= 0.3 is 0 Å². The molecule has 0 heterocycles. The van der Waals surface area contributed by atoms with E-state index in [0.717, 1.165) is 55.3 Å². The Morgan fingerprint density at radius 3 is 0.935 bits per heavy atom. The zero-order valence-corrected chi connectivity index (χ0v) is 82.2. The van der Waals surface area contributed by atoms with E-state index in [1.807, 2.05) is 28.4 Å². The van der Waals surface area contributed by atoms with Crippen LogP contribution in [0, 0.1) is 11.8 Å². The van der Waals surface area contributed by atoms with Gasteiger partial charge in [-0.1, -0.05) is 293 Å². The summed E-state index contributed by atoms with van der Waals surface area (Å²) in [5.74, 6) is 1.58. The van der Waals surface area contributed by atoms with Gasteiger partial charge in [-0.25, -0.2) is 0 Å². The van der Waals surface area contributed by atoms with E-state index in [0.29, 0.717) is 33.9 Å². The number of benzene rings is 1. The van der Waals surface area contributed by atoms with Gasteiger partial charge in [0.15, 0.2) is 0 Å². The second-order valence-corrected chi connectivity index (χ2v) is 89.4. The highest BCUT2D eigenvalue weighted by Crippen LogP contribution is 2.38. The zero-order chi connectivity index (χ0) is 75.9. The molecule has 93 heavy (non-hydrogen) atoms. The van der Waals surface area contributed by atoms with Gasteiger partial charge in [0.1, 0.15) is 8.07 Å². The Balaban J connectivity index is -0.000000144. The van der Waals surface area contributed by atoms with Crippen LogP contribution in [-0.2, 0) is 47.4 Å². The maximum absolute atomic E-state index is 5.50. The monoisotopic (exact) mass is 1490 g/mol. The number of hydrogen-bond acceptors (Lipinski definition) is 10. The molecule has 0 amide bonds. The second kappa shape index (κ2) is 55.6. The molecular formula is C73H176O10Si10. The number of methoxy groups -OCH3 is 10. The van der Waals surface area contributed by atoms with Gasteiger partial charge in [0.05, 0.1) is 78.4 Å². The van der Waals surface area contributed by atoms with E-state index < -0.39 is 80.7 Å². The van der Waals surface area contributed by atoms with Crippen LogP contribution in [-0.4, -0.2) is 212 Å². The van der Waals surface area contributed by atoms with Gasteiger partial charge in [-0.05, 0) is 48.6 Å². The van der Waals surface area contributed by atoms with Crippen LogP contribution in [0.25, 0.3) is 0 Å². The van der Waals surface area contributed by atoms with Gasteiger partial charge in [0.25, 0.3) is 0 Å². The summed E-state index contributed by atoms with van der Waals surface area (Å²) in [5.41, 5.74) is 2.98. The molecule has 0 aromatic heterocycles. The molecule has 1 aromatic carbocycles. The van der Waals surface area contributed by atoms with E-state index >= 15 is 0 Å². The van der Waals surface area contributed by atoms with Crippen molar-refractivity contribution in [2.75, 3.05) is 108 Å². The summed E-state index contributed by atoms with van der Waals surface area (Å²) in [4.78, 5) is 0. The van der Waals surface area contributed by atoms with E-state index in [9.17, 15) is 0 Å². The van der Waals surface area contributed by atoms with Crippen molar-refractivity contribution in [2.24, 2.45) is 11.8 Å². The summed E-state index contributed by atoms with van der Waals surface area (Å²) in [6.07, 6.45) is 9.86. The third-order valence-electron chi connectivity index (χ3n) is 18.5. The summed E-state index contributed by atoms with van der Waals surface area (Å²) in [7, 11) is 7.78. The Labute approximate surface area is 597 Å². The summed E-state index contributed by atoms with van der Waals surface area (Å²) in [6, 6.07) is 16.1. The van der Waals surface area contributed by atoms with Crippen LogP contribution in [0.4, 0.5) is 0 Å². The van der Waals surface area contributed by atoms with E-state index in [1.54, 1.807) is 42.7 Å². The van der Waals surface area contributed by atoms with Crippen LogP contribution >= 0.6 is 0 Å². The van der Waals surface area contributed by atoms with Crippen LogP contribution < -0.4 is 5.19 Å². The molecule has 2 rings (SSSR count). The molecule has 1 aromatic rings. The lowest BCUT2D eigenvalue weighted by atomic mass is 10.2.